The van der Waals surface area contributed by atoms with Crippen LogP contribution in [0.25, 0.3) is 10.8 Å². The fourth-order valence-corrected chi connectivity index (χ4v) is 5.26. The highest BCUT2D eigenvalue weighted by atomic mass is 16.6. The lowest BCUT2D eigenvalue weighted by Gasteiger charge is -2.43. The van der Waals surface area contributed by atoms with Crippen molar-refractivity contribution in [3.63, 3.8) is 0 Å². The zero-order chi connectivity index (χ0) is 25.2. The number of benzene rings is 1. The SMILES string of the molecule is O=C1CC(NC(=O)C2CCCC3C/C=C\CC(NC(=O)c4nccc5ccccc45)C(=O)N32)C(O)O1. The number of hydrogen-bond acceptors (Lipinski definition) is 7. The van der Waals surface area contributed by atoms with Gasteiger partial charge in [0.1, 0.15) is 23.8 Å². The second-order valence-electron chi connectivity index (χ2n) is 9.40. The van der Waals surface area contributed by atoms with Gasteiger partial charge in [0, 0.05) is 17.6 Å². The van der Waals surface area contributed by atoms with Crippen molar-refractivity contribution in [1.29, 1.82) is 0 Å². The Kier molecular flexibility index (Phi) is 6.69. The molecule has 1 aromatic carbocycles. The summed E-state index contributed by atoms with van der Waals surface area (Å²) in [5.74, 6) is -1.83. The minimum atomic E-state index is -1.41. The Bertz CT molecular complexity index is 1220. The molecule has 5 rings (SSSR count). The van der Waals surface area contributed by atoms with Crippen LogP contribution in [-0.2, 0) is 19.1 Å². The average Bonchev–Trinajstić information content (AvgIpc) is 3.19. The highest BCUT2D eigenvalue weighted by Crippen LogP contribution is 2.29. The topological polar surface area (TPSA) is 138 Å². The van der Waals surface area contributed by atoms with Gasteiger partial charge in [0.2, 0.25) is 18.1 Å². The summed E-state index contributed by atoms with van der Waals surface area (Å²) in [4.78, 5) is 57.5. The first kappa shape index (κ1) is 23.9. The van der Waals surface area contributed by atoms with Gasteiger partial charge in [0.15, 0.2) is 0 Å². The summed E-state index contributed by atoms with van der Waals surface area (Å²) in [7, 11) is 0. The van der Waals surface area contributed by atoms with E-state index in [9.17, 15) is 24.3 Å². The van der Waals surface area contributed by atoms with Crippen molar-refractivity contribution in [3.05, 3.63) is 54.4 Å². The van der Waals surface area contributed by atoms with E-state index in [4.69, 9.17) is 4.74 Å². The number of aliphatic hydroxyl groups is 1. The number of piperidine rings is 1. The maximum atomic E-state index is 13.8. The van der Waals surface area contributed by atoms with Gasteiger partial charge in [-0.15, -0.1) is 0 Å². The minimum absolute atomic E-state index is 0.129. The van der Waals surface area contributed by atoms with E-state index >= 15 is 0 Å². The molecule has 0 aliphatic carbocycles. The first-order chi connectivity index (χ1) is 17.4. The highest BCUT2D eigenvalue weighted by molar-refractivity contribution is 6.06. The molecule has 3 aliphatic heterocycles. The van der Waals surface area contributed by atoms with Gasteiger partial charge >= 0.3 is 5.97 Å². The van der Waals surface area contributed by atoms with Gasteiger partial charge < -0.3 is 25.4 Å². The number of fused-ring (bicyclic) bond motifs is 2. The van der Waals surface area contributed by atoms with Crippen LogP contribution in [-0.4, -0.2) is 69.1 Å². The summed E-state index contributed by atoms with van der Waals surface area (Å²) in [6, 6.07) is 6.52. The van der Waals surface area contributed by atoms with Gasteiger partial charge in [0.25, 0.3) is 5.91 Å². The normalized spacial score (nSPS) is 29.0. The summed E-state index contributed by atoms with van der Waals surface area (Å²) in [6.07, 6.45) is 6.71. The van der Waals surface area contributed by atoms with Crippen molar-refractivity contribution in [2.45, 2.75) is 69.0 Å². The lowest BCUT2D eigenvalue weighted by molar-refractivity contribution is -0.156. The van der Waals surface area contributed by atoms with Crippen LogP contribution in [0, 0.1) is 0 Å². The van der Waals surface area contributed by atoms with Crippen molar-refractivity contribution < 1.29 is 29.0 Å². The number of pyridine rings is 1. The Morgan fingerprint density at radius 1 is 1.06 bits per heavy atom. The molecule has 0 spiro atoms. The van der Waals surface area contributed by atoms with E-state index in [-0.39, 0.29) is 30.5 Å². The van der Waals surface area contributed by atoms with Crippen LogP contribution in [0.2, 0.25) is 0 Å². The lowest BCUT2D eigenvalue weighted by Crippen LogP contribution is -2.62. The number of amides is 3. The number of carbonyl (C=O) groups is 4. The Labute approximate surface area is 207 Å². The van der Waals surface area contributed by atoms with Gasteiger partial charge in [0.05, 0.1) is 6.42 Å². The van der Waals surface area contributed by atoms with E-state index < -0.39 is 42.2 Å². The molecular formula is C26H28N4O6. The van der Waals surface area contributed by atoms with Crippen LogP contribution >= 0.6 is 0 Å². The van der Waals surface area contributed by atoms with Crippen molar-refractivity contribution >= 4 is 34.5 Å². The van der Waals surface area contributed by atoms with Crippen LogP contribution in [0.4, 0.5) is 0 Å². The van der Waals surface area contributed by atoms with E-state index in [0.29, 0.717) is 18.2 Å². The first-order valence-corrected chi connectivity index (χ1v) is 12.2. The lowest BCUT2D eigenvalue weighted by atomic mass is 9.90. The molecule has 1 aromatic heterocycles. The van der Waals surface area contributed by atoms with Gasteiger partial charge in [-0.1, -0.05) is 36.4 Å². The Morgan fingerprint density at radius 3 is 2.67 bits per heavy atom. The molecule has 3 amide bonds. The number of cyclic esters (lactones) is 1. The summed E-state index contributed by atoms with van der Waals surface area (Å²) in [5, 5.41) is 17.0. The fraction of sp³-hybridized carbons (Fsp3) is 0.423. The molecule has 5 atom stereocenters. The smallest absolute Gasteiger partial charge is 0.310 e. The number of hydrogen-bond donors (Lipinski definition) is 3. The maximum absolute atomic E-state index is 13.8. The molecule has 0 bridgehead atoms. The van der Waals surface area contributed by atoms with E-state index in [1.54, 1.807) is 11.1 Å². The van der Waals surface area contributed by atoms with Crippen LogP contribution in [0.1, 0.15) is 49.0 Å². The van der Waals surface area contributed by atoms with Crippen molar-refractivity contribution in [2.75, 3.05) is 0 Å². The van der Waals surface area contributed by atoms with Crippen LogP contribution < -0.4 is 10.6 Å². The molecule has 188 valence electrons. The number of aliphatic hydroxyl groups excluding tert-OH is 1. The molecule has 36 heavy (non-hydrogen) atoms. The number of nitrogens with one attached hydrogen (secondary N) is 2. The second kappa shape index (κ2) is 10.1. The zero-order valence-electron chi connectivity index (χ0n) is 19.6. The monoisotopic (exact) mass is 492 g/mol. The quantitative estimate of drug-likeness (QED) is 0.430. The fourth-order valence-electron chi connectivity index (χ4n) is 5.26. The molecule has 3 N–H and O–H groups in total. The predicted molar refractivity (Wildman–Crippen MR) is 128 cm³/mol. The maximum Gasteiger partial charge on any atom is 0.310 e. The Balaban J connectivity index is 1.37. The molecule has 0 saturated carbocycles. The van der Waals surface area contributed by atoms with Crippen LogP contribution in [0.15, 0.2) is 48.7 Å². The van der Waals surface area contributed by atoms with Crippen LogP contribution in [0.5, 0.6) is 0 Å². The summed E-state index contributed by atoms with van der Waals surface area (Å²) in [6.45, 7) is 0. The van der Waals surface area contributed by atoms with Crippen molar-refractivity contribution in [1.82, 2.24) is 20.5 Å². The molecule has 10 nitrogen and oxygen atoms in total. The molecule has 10 heteroatoms. The second-order valence-corrected chi connectivity index (χ2v) is 9.40. The van der Waals surface area contributed by atoms with Crippen LogP contribution in [0.3, 0.4) is 0 Å². The average molecular weight is 493 g/mol. The standard InChI is InChI=1S/C26H28N4O6/c31-21-14-19(26(35)36-21)29-23(32)20-11-5-8-16-7-2-4-10-18(25(34)30(16)20)28-24(33)22-17-9-3-1-6-15(17)12-13-27-22/h1-4,6,9,12-13,16,18-20,26,35H,5,7-8,10-11,14H2,(H,28,33)(H,29,32)/b4-2-. The Hall–Kier alpha value is -3.79. The number of rotatable bonds is 4. The molecule has 2 saturated heterocycles. The highest BCUT2D eigenvalue weighted by Gasteiger charge is 2.43. The summed E-state index contributed by atoms with van der Waals surface area (Å²) >= 11 is 0. The number of esters is 1. The van der Waals surface area contributed by atoms with E-state index in [0.717, 1.165) is 18.2 Å². The molecule has 2 fully saturated rings. The molecule has 2 aromatic rings. The molecular weight excluding hydrogens is 464 g/mol. The Morgan fingerprint density at radius 2 is 1.86 bits per heavy atom. The number of aromatic nitrogens is 1. The van der Waals surface area contributed by atoms with Gasteiger partial charge in [-0.25, -0.2) is 0 Å². The largest absolute Gasteiger partial charge is 0.434 e. The van der Waals surface area contributed by atoms with E-state index in [1.165, 1.54) is 0 Å². The molecule has 4 heterocycles. The third-order valence-corrected chi connectivity index (χ3v) is 7.05. The van der Waals surface area contributed by atoms with E-state index in [1.807, 2.05) is 42.5 Å². The summed E-state index contributed by atoms with van der Waals surface area (Å²) < 4.78 is 4.72. The molecule has 0 radical (unpaired) electrons. The number of carbonyl (C=O) groups excluding carboxylic acids is 4. The number of ether oxygens (including phenoxy) is 1. The van der Waals surface area contributed by atoms with Crippen molar-refractivity contribution in [3.8, 4) is 0 Å². The minimum Gasteiger partial charge on any atom is -0.434 e. The van der Waals surface area contributed by atoms with Gasteiger partial charge in [-0.05, 0) is 43.6 Å². The van der Waals surface area contributed by atoms with Gasteiger partial charge in [-0.2, -0.15) is 0 Å². The van der Waals surface area contributed by atoms with Gasteiger partial charge in [-0.3, -0.25) is 24.2 Å². The van der Waals surface area contributed by atoms with E-state index in [2.05, 4.69) is 15.6 Å². The third kappa shape index (κ3) is 4.68. The zero-order valence-corrected chi connectivity index (χ0v) is 19.6. The molecule has 3 aliphatic rings. The summed E-state index contributed by atoms with van der Waals surface area (Å²) in [5.41, 5.74) is 0.233. The third-order valence-electron chi connectivity index (χ3n) is 7.05. The molecule has 5 unspecified atom stereocenters. The first-order valence-electron chi connectivity index (χ1n) is 12.2. The predicted octanol–water partition coefficient (Wildman–Crippen LogP) is 1.18. The van der Waals surface area contributed by atoms with Crippen molar-refractivity contribution in [2.24, 2.45) is 0 Å². The number of nitrogens with zero attached hydrogens (tertiary/aromatic N) is 2.